The molecule has 5 nitrogen and oxygen atoms in total. The number of hydrogen-bond donors (Lipinski definition) is 0. The van der Waals surface area contributed by atoms with E-state index in [4.69, 9.17) is 4.74 Å². The topological polar surface area (TPSA) is 41.5 Å². The second kappa shape index (κ2) is 7.80. The lowest BCUT2D eigenvalue weighted by Gasteiger charge is -2.41. The van der Waals surface area contributed by atoms with Crippen LogP contribution in [-0.4, -0.2) is 53.2 Å². The number of aromatic nitrogens is 2. The first-order chi connectivity index (χ1) is 13.8. The number of fused-ring (bicyclic) bond motifs is 1. The van der Waals surface area contributed by atoms with Gasteiger partial charge >= 0.3 is 0 Å². The lowest BCUT2D eigenvalue weighted by Crippen LogP contribution is -2.47. The van der Waals surface area contributed by atoms with Gasteiger partial charge in [-0.15, -0.1) is 0 Å². The van der Waals surface area contributed by atoms with Crippen LogP contribution in [0.4, 0.5) is 5.82 Å². The summed E-state index contributed by atoms with van der Waals surface area (Å²) < 4.78 is 6.14. The van der Waals surface area contributed by atoms with Gasteiger partial charge in [0.05, 0.1) is 12.7 Å². The predicted molar refractivity (Wildman–Crippen MR) is 111 cm³/mol. The Morgan fingerprint density at radius 3 is 2.64 bits per heavy atom. The van der Waals surface area contributed by atoms with E-state index < -0.39 is 0 Å². The molecule has 1 saturated carbocycles. The summed E-state index contributed by atoms with van der Waals surface area (Å²) >= 11 is 0. The Morgan fingerprint density at radius 2 is 1.86 bits per heavy atom. The van der Waals surface area contributed by atoms with Crippen LogP contribution in [0, 0.1) is 6.92 Å². The van der Waals surface area contributed by atoms with E-state index in [0.29, 0.717) is 12.1 Å². The second-order valence-corrected chi connectivity index (χ2v) is 8.50. The number of anilines is 1. The van der Waals surface area contributed by atoms with Crippen molar-refractivity contribution in [2.24, 2.45) is 0 Å². The highest BCUT2D eigenvalue weighted by molar-refractivity contribution is 5.43. The molecule has 2 aliphatic heterocycles. The van der Waals surface area contributed by atoms with Gasteiger partial charge in [-0.2, -0.15) is 0 Å². The number of nitrogens with zero attached hydrogens (tertiary/aromatic N) is 4. The van der Waals surface area contributed by atoms with Gasteiger partial charge in [-0.1, -0.05) is 24.3 Å². The lowest BCUT2D eigenvalue weighted by molar-refractivity contribution is 0.0108. The summed E-state index contributed by atoms with van der Waals surface area (Å²) in [7, 11) is 0. The Hall–Kier alpha value is -1.98. The Labute approximate surface area is 167 Å². The van der Waals surface area contributed by atoms with E-state index in [1.54, 1.807) is 6.33 Å². The molecule has 2 fully saturated rings. The molecule has 1 unspecified atom stereocenters. The third-order valence-corrected chi connectivity index (χ3v) is 6.46. The van der Waals surface area contributed by atoms with Crippen LogP contribution < -0.4 is 4.90 Å². The van der Waals surface area contributed by atoms with Crippen molar-refractivity contribution in [3.8, 4) is 0 Å². The van der Waals surface area contributed by atoms with Gasteiger partial charge in [-0.3, -0.25) is 0 Å². The molecule has 148 valence electrons. The smallest absolute Gasteiger partial charge is 0.132 e. The summed E-state index contributed by atoms with van der Waals surface area (Å²) in [5.41, 5.74) is 3.92. The quantitative estimate of drug-likeness (QED) is 0.796. The van der Waals surface area contributed by atoms with Crippen molar-refractivity contribution in [2.45, 2.75) is 57.2 Å². The van der Waals surface area contributed by atoms with Crippen molar-refractivity contribution >= 4 is 5.82 Å². The first-order valence-electron chi connectivity index (χ1n) is 10.8. The zero-order valence-corrected chi connectivity index (χ0v) is 16.8. The fraction of sp³-hybridized carbons (Fsp3) is 0.565. The molecular weight excluding hydrogens is 348 g/mol. The summed E-state index contributed by atoms with van der Waals surface area (Å²) in [5, 5.41) is 0. The minimum absolute atomic E-state index is 0.227. The van der Waals surface area contributed by atoms with Crippen molar-refractivity contribution in [2.75, 3.05) is 31.1 Å². The molecule has 2 aromatic rings. The van der Waals surface area contributed by atoms with Gasteiger partial charge < -0.3 is 14.5 Å². The second-order valence-electron chi connectivity index (χ2n) is 8.50. The maximum atomic E-state index is 6.14. The largest absolute Gasteiger partial charge is 0.372 e. The highest BCUT2D eigenvalue weighted by Crippen LogP contribution is 2.36. The molecule has 0 amide bonds. The molecule has 1 aromatic heterocycles. The first-order valence-corrected chi connectivity index (χ1v) is 10.8. The minimum atomic E-state index is 0.227. The molecule has 5 heteroatoms. The van der Waals surface area contributed by atoms with Crippen molar-refractivity contribution in [3.05, 3.63) is 53.5 Å². The molecule has 3 aliphatic rings. The van der Waals surface area contributed by atoms with Crippen molar-refractivity contribution in [1.29, 1.82) is 0 Å². The third kappa shape index (κ3) is 3.78. The molecule has 0 N–H and O–H groups in total. The van der Waals surface area contributed by atoms with E-state index >= 15 is 0 Å². The number of hydrogen-bond acceptors (Lipinski definition) is 5. The monoisotopic (exact) mass is 378 g/mol. The van der Waals surface area contributed by atoms with Gasteiger partial charge in [0.1, 0.15) is 12.1 Å². The Balaban J connectivity index is 1.23. The zero-order chi connectivity index (χ0) is 18.9. The molecule has 0 radical (unpaired) electrons. The van der Waals surface area contributed by atoms with E-state index in [-0.39, 0.29) is 6.10 Å². The normalized spacial score (nSPS) is 23.4. The van der Waals surface area contributed by atoms with Crippen molar-refractivity contribution < 1.29 is 4.74 Å². The Bertz CT molecular complexity index is 814. The SMILES string of the molecule is Cc1cc(N(C2CC2)C2CCN(CC3OCCc4ccccc43)CC2)ncn1. The zero-order valence-electron chi connectivity index (χ0n) is 16.8. The van der Waals surface area contributed by atoms with Crippen LogP contribution >= 0.6 is 0 Å². The number of aryl methyl sites for hydroxylation is 1. The first kappa shape index (κ1) is 18.1. The van der Waals surface area contributed by atoms with Gasteiger partial charge in [0.15, 0.2) is 0 Å². The molecule has 28 heavy (non-hydrogen) atoms. The van der Waals surface area contributed by atoms with Crippen LogP contribution in [0.5, 0.6) is 0 Å². The number of piperidine rings is 1. The maximum Gasteiger partial charge on any atom is 0.132 e. The Morgan fingerprint density at radius 1 is 1.07 bits per heavy atom. The van der Waals surface area contributed by atoms with Crippen LogP contribution in [0.3, 0.4) is 0 Å². The summed E-state index contributed by atoms with van der Waals surface area (Å²) in [6.45, 7) is 6.20. The fourth-order valence-electron chi connectivity index (χ4n) is 4.85. The van der Waals surface area contributed by atoms with Crippen LogP contribution in [0.2, 0.25) is 0 Å². The van der Waals surface area contributed by atoms with E-state index in [0.717, 1.165) is 44.2 Å². The average molecular weight is 379 g/mol. The van der Waals surface area contributed by atoms with Gasteiger partial charge in [0.2, 0.25) is 0 Å². The molecule has 1 aromatic carbocycles. The lowest BCUT2D eigenvalue weighted by atomic mass is 9.96. The van der Waals surface area contributed by atoms with Gasteiger partial charge in [-0.05, 0) is 50.2 Å². The van der Waals surface area contributed by atoms with Crippen LogP contribution in [0.15, 0.2) is 36.7 Å². The summed E-state index contributed by atoms with van der Waals surface area (Å²) in [5.74, 6) is 1.12. The fourth-order valence-corrected chi connectivity index (χ4v) is 4.85. The molecule has 5 rings (SSSR count). The van der Waals surface area contributed by atoms with Gasteiger partial charge in [0.25, 0.3) is 0 Å². The maximum absolute atomic E-state index is 6.14. The Kier molecular flexibility index (Phi) is 5.03. The van der Waals surface area contributed by atoms with Crippen molar-refractivity contribution in [1.82, 2.24) is 14.9 Å². The molecule has 0 spiro atoms. The van der Waals surface area contributed by atoms with E-state index in [2.05, 4.69) is 57.0 Å². The summed E-state index contributed by atoms with van der Waals surface area (Å²) in [6.07, 6.45) is 8.00. The number of rotatable bonds is 5. The predicted octanol–water partition coefficient (Wildman–Crippen LogP) is 3.53. The molecule has 1 atom stereocenters. The van der Waals surface area contributed by atoms with Gasteiger partial charge in [0, 0.05) is 43.5 Å². The van der Waals surface area contributed by atoms with E-state index in [9.17, 15) is 0 Å². The standard InChI is InChI=1S/C23H30N4O/c1-17-14-23(25-16-24-17)27(19-6-7-19)20-8-11-26(12-9-20)15-22-21-5-3-2-4-18(21)10-13-28-22/h2-5,14,16,19-20,22H,6-13,15H2,1H3. The molecule has 0 bridgehead atoms. The van der Waals surface area contributed by atoms with E-state index in [1.165, 1.54) is 36.8 Å². The average Bonchev–Trinajstić information content (AvgIpc) is 3.55. The summed E-state index contributed by atoms with van der Waals surface area (Å²) in [4.78, 5) is 14.1. The van der Waals surface area contributed by atoms with Gasteiger partial charge in [-0.25, -0.2) is 9.97 Å². The van der Waals surface area contributed by atoms with E-state index in [1.807, 2.05) is 0 Å². The summed E-state index contributed by atoms with van der Waals surface area (Å²) in [6, 6.07) is 12.2. The molecule has 1 saturated heterocycles. The third-order valence-electron chi connectivity index (χ3n) is 6.46. The molecule has 1 aliphatic carbocycles. The van der Waals surface area contributed by atoms with Crippen molar-refractivity contribution in [3.63, 3.8) is 0 Å². The van der Waals surface area contributed by atoms with Crippen LogP contribution in [-0.2, 0) is 11.2 Å². The van der Waals surface area contributed by atoms with Crippen LogP contribution in [0.25, 0.3) is 0 Å². The molecular formula is C23H30N4O. The highest BCUT2D eigenvalue weighted by Gasteiger charge is 2.37. The number of benzene rings is 1. The number of likely N-dealkylation sites (tertiary alicyclic amines) is 1. The molecule has 3 heterocycles. The minimum Gasteiger partial charge on any atom is -0.372 e. The highest BCUT2D eigenvalue weighted by atomic mass is 16.5. The van der Waals surface area contributed by atoms with Crippen LogP contribution in [0.1, 0.15) is 48.6 Å². The number of ether oxygens (including phenoxy) is 1.